The van der Waals surface area contributed by atoms with Crippen LogP contribution in [-0.2, 0) is 13.0 Å². The van der Waals surface area contributed by atoms with Crippen LogP contribution in [0.2, 0.25) is 10.0 Å². The summed E-state index contributed by atoms with van der Waals surface area (Å²) in [4.78, 5) is 18.2. The minimum atomic E-state index is -0.148. The highest BCUT2D eigenvalue weighted by molar-refractivity contribution is 7.09. The summed E-state index contributed by atoms with van der Waals surface area (Å²) in [6.07, 6.45) is 0.682. The van der Waals surface area contributed by atoms with E-state index in [0.717, 1.165) is 10.6 Å². The Labute approximate surface area is 149 Å². The van der Waals surface area contributed by atoms with Crippen molar-refractivity contribution in [3.05, 3.63) is 49.9 Å². The molecule has 1 heterocycles. The fourth-order valence-corrected chi connectivity index (χ4v) is 3.01. The van der Waals surface area contributed by atoms with Crippen LogP contribution in [0, 0.1) is 0 Å². The third-order valence-corrected chi connectivity index (χ3v) is 4.68. The van der Waals surface area contributed by atoms with Crippen molar-refractivity contribution in [1.29, 1.82) is 0 Å². The maximum Gasteiger partial charge on any atom is 0.273 e. The number of carbonyl (C=O) groups excluding carboxylic acids is 1. The monoisotopic (exact) mass is 379 g/mol. The van der Waals surface area contributed by atoms with Gasteiger partial charge in [0.05, 0.1) is 15.1 Å². The zero-order valence-corrected chi connectivity index (χ0v) is 15.0. The Morgan fingerprint density at radius 2 is 2.14 bits per heavy atom. The van der Waals surface area contributed by atoms with E-state index < -0.39 is 0 Å². The number of carbonyl (C=O) groups is 1. The summed E-state index contributed by atoms with van der Waals surface area (Å²) in [6, 6.07) is 5.37. The first-order valence-electron chi connectivity index (χ1n) is 6.35. The Hall–Kier alpha value is -0.850. The smallest absolute Gasteiger partial charge is 0.273 e. The quantitative estimate of drug-likeness (QED) is 0.861. The van der Waals surface area contributed by atoms with Crippen LogP contribution in [0.25, 0.3) is 0 Å². The van der Waals surface area contributed by atoms with Crippen molar-refractivity contribution in [3.8, 4) is 0 Å². The largest absolute Gasteiger partial charge is 0.336 e. The Morgan fingerprint density at radius 1 is 1.41 bits per heavy atom. The molecule has 0 bridgehead atoms. The van der Waals surface area contributed by atoms with E-state index in [1.165, 1.54) is 11.3 Å². The molecular formula is C14H16Cl3N3OS. The summed E-state index contributed by atoms with van der Waals surface area (Å²) >= 11 is 13.6. The van der Waals surface area contributed by atoms with E-state index in [2.05, 4.69) is 4.98 Å². The molecule has 4 nitrogen and oxygen atoms in total. The minimum absolute atomic E-state index is 0. The molecule has 0 fully saturated rings. The van der Waals surface area contributed by atoms with E-state index in [-0.39, 0.29) is 18.3 Å². The van der Waals surface area contributed by atoms with Gasteiger partial charge in [0.1, 0.15) is 5.69 Å². The minimum Gasteiger partial charge on any atom is -0.336 e. The predicted octanol–water partition coefficient (Wildman–Crippen LogP) is 3.65. The van der Waals surface area contributed by atoms with Gasteiger partial charge in [-0.3, -0.25) is 4.79 Å². The SMILES string of the molecule is CN(Cc1cccc(Cl)c1Cl)C(=O)c1csc(CCN)n1.Cl. The highest BCUT2D eigenvalue weighted by atomic mass is 35.5. The first-order valence-corrected chi connectivity index (χ1v) is 7.99. The molecule has 8 heteroatoms. The summed E-state index contributed by atoms with van der Waals surface area (Å²) < 4.78 is 0. The number of hydrogen-bond acceptors (Lipinski definition) is 4. The number of thiazole rings is 1. The van der Waals surface area contributed by atoms with E-state index >= 15 is 0 Å². The van der Waals surface area contributed by atoms with E-state index in [1.807, 2.05) is 12.1 Å². The second-order valence-corrected chi connectivity index (χ2v) is 6.27. The number of hydrogen-bond donors (Lipinski definition) is 1. The Morgan fingerprint density at radius 3 is 2.82 bits per heavy atom. The number of amides is 1. The molecule has 2 N–H and O–H groups in total. The predicted molar refractivity (Wildman–Crippen MR) is 94.4 cm³/mol. The van der Waals surface area contributed by atoms with Crippen LogP contribution in [0.3, 0.4) is 0 Å². The van der Waals surface area contributed by atoms with E-state index in [9.17, 15) is 4.79 Å². The molecule has 120 valence electrons. The Kier molecular flexibility index (Phi) is 7.59. The topological polar surface area (TPSA) is 59.2 Å². The molecule has 1 amide bonds. The van der Waals surface area contributed by atoms with Crippen molar-refractivity contribution in [2.75, 3.05) is 13.6 Å². The van der Waals surface area contributed by atoms with Crippen LogP contribution >= 0.6 is 46.9 Å². The molecule has 0 atom stereocenters. The summed E-state index contributed by atoms with van der Waals surface area (Å²) in [7, 11) is 1.71. The van der Waals surface area contributed by atoms with Gasteiger partial charge in [-0.2, -0.15) is 0 Å². The molecule has 0 radical (unpaired) electrons. The molecule has 2 rings (SSSR count). The van der Waals surface area contributed by atoms with Gasteiger partial charge in [-0.05, 0) is 18.2 Å². The zero-order valence-electron chi connectivity index (χ0n) is 11.9. The molecule has 0 saturated heterocycles. The summed E-state index contributed by atoms with van der Waals surface area (Å²) in [5.74, 6) is -0.148. The second-order valence-electron chi connectivity index (χ2n) is 4.54. The third kappa shape index (κ3) is 4.57. The van der Waals surface area contributed by atoms with Crippen LogP contribution in [0.1, 0.15) is 21.1 Å². The summed E-state index contributed by atoms with van der Waals surface area (Å²) in [5, 5.41) is 3.58. The normalized spacial score (nSPS) is 10.2. The lowest BCUT2D eigenvalue weighted by Gasteiger charge is -2.17. The first-order chi connectivity index (χ1) is 10.0. The van der Waals surface area contributed by atoms with Gasteiger partial charge in [0, 0.05) is 25.4 Å². The number of benzene rings is 1. The average Bonchev–Trinajstić information content (AvgIpc) is 2.92. The van der Waals surface area contributed by atoms with Crippen molar-refractivity contribution in [3.63, 3.8) is 0 Å². The number of rotatable bonds is 5. The number of nitrogens with two attached hydrogens (primary N) is 1. The fraction of sp³-hybridized carbons (Fsp3) is 0.286. The lowest BCUT2D eigenvalue weighted by molar-refractivity contribution is 0.0780. The summed E-state index contributed by atoms with van der Waals surface area (Å²) in [6.45, 7) is 0.900. The molecule has 0 aliphatic heterocycles. The number of aromatic nitrogens is 1. The van der Waals surface area contributed by atoms with Gasteiger partial charge < -0.3 is 10.6 Å². The lowest BCUT2D eigenvalue weighted by Crippen LogP contribution is -2.26. The standard InChI is InChI=1S/C14H15Cl2N3OS.ClH/c1-19(7-9-3-2-4-10(15)13(9)16)14(20)11-8-21-12(18-11)5-6-17;/h2-4,8H,5-7,17H2,1H3;1H. The van der Waals surface area contributed by atoms with Crippen LogP contribution in [0.5, 0.6) is 0 Å². The highest BCUT2D eigenvalue weighted by Gasteiger charge is 2.17. The maximum atomic E-state index is 12.3. The molecule has 0 aliphatic rings. The highest BCUT2D eigenvalue weighted by Crippen LogP contribution is 2.26. The van der Waals surface area contributed by atoms with Gasteiger partial charge in [-0.25, -0.2) is 4.98 Å². The fourth-order valence-electron chi connectivity index (χ4n) is 1.84. The molecule has 1 aromatic heterocycles. The average molecular weight is 381 g/mol. The number of nitrogens with zero attached hydrogens (tertiary/aromatic N) is 2. The van der Waals surface area contributed by atoms with Crippen molar-refractivity contribution < 1.29 is 4.79 Å². The van der Waals surface area contributed by atoms with Crippen molar-refractivity contribution in [2.45, 2.75) is 13.0 Å². The van der Waals surface area contributed by atoms with Crippen LogP contribution in [-0.4, -0.2) is 29.4 Å². The van der Waals surface area contributed by atoms with Crippen LogP contribution < -0.4 is 5.73 Å². The van der Waals surface area contributed by atoms with Gasteiger partial charge in [0.2, 0.25) is 0 Å². The lowest BCUT2D eigenvalue weighted by atomic mass is 10.2. The van der Waals surface area contributed by atoms with Gasteiger partial charge in [-0.15, -0.1) is 23.7 Å². The van der Waals surface area contributed by atoms with Crippen molar-refractivity contribution in [2.24, 2.45) is 5.73 Å². The van der Waals surface area contributed by atoms with Gasteiger partial charge in [0.25, 0.3) is 5.91 Å². The second kappa shape index (κ2) is 8.70. The molecule has 1 aromatic carbocycles. The maximum absolute atomic E-state index is 12.3. The Bertz CT molecular complexity index is 648. The Balaban J connectivity index is 0.00000242. The molecular weight excluding hydrogens is 365 g/mol. The first kappa shape index (κ1) is 19.2. The van der Waals surface area contributed by atoms with E-state index in [1.54, 1.807) is 23.4 Å². The van der Waals surface area contributed by atoms with Crippen LogP contribution in [0.15, 0.2) is 23.6 Å². The third-order valence-electron chi connectivity index (χ3n) is 2.91. The molecule has 0 spiro atoms. The van der Waals surface area contributed by atoms with E-state index in [4.69, 9.17) is 28.9 Å². The van der Waals surface area contributed by atoms with Crippen molar-refractivity contribution in [1.82, 2.24) is 9.88 Å². The molecule has 0 aliphatic carbocycles. The number of halogens is 3. The zero-order chi connectivity index (χ0) is 15.4. The molecule has 2 aromatic rings. The van der Waals surface area contributed by atoms with Crippen LogP contribution in [0.4, 0.5) is 0 Å². The molecule has 0 saturated carbocycles. The molecule has 22 heavy (non-hydrogen) atoms. The van der Waals surface area contributed by atoms with Gasteiger partial charge in [-0.1, -0.05) is 35.3 Å². The van der Waals surface area contributed by atoms with Crippen molar-refractivity contribution >= 4 is 52.9 Å². The van der Waals surface area contributed by atoms with Gasteiger partial charge >= 0.3 is 0 Å². The van der Waals surface area contributed by atoms with E-state index in [0.29, 0.717) is 35.2 Å². The summed E-state index contributed by atoms with van der Waals surface area (Å²) in [5.41, 5.74) is 6.72. The van der Waals surface area contributed by atoms with Gasteiger partial charge in [0.15, 0.2) is 0 Å². The molecule has 0 unspecified atom stereocenters.